The van der Waals surface area contributed by atoms with Crippen molar-refractivity contribution in [3.05, 3.63) is 24.3 Å². The summed E-state index contributed by atoms with van der Waals surface area (Å²) in [7, 11) is -7.73. The smallest absolute Gasteiger partial charge is 0.240 e. The van der Waals surface area contributed by atoms with Gasteiger partial charge < -0.3 is 4.74 Å². The van der Waals surface area contributed by atoms with Crippen LogP contribution in [0.2, 0.25) is 0 Å². The van der Waals surface area contributed by atoms with Gasteiger partial charge in [0, 0.05) is 13.2 Å². The van der Waals surface area contributed by atoms with Crippen LogP contribution >= 0.6 is 0 Å². The minimum absolute atomic E-state index is 0.134. The van der Waals surface area contributed by atoms with E-state index in [0.717, 1.165) is 25.3 Å². The van der Waals surface area contributed by atoms with Crippen LogP contribution in [0, 0.1) is 0 Å². The van der Waals surface area contributed by atoms with Crippen LogP contribution in [0.4, 0.5) is 0 Å². The Kier molecular flexibility index (Phi) is 4.99. The van der Waals surface area contributed by atoms with E-state index in [9.17, 15) is 16.8 Å². The fourth-order valence-electron chi connectivity index (χ4n) is 2.07. The molecular formula is C12H18N2O5S2. The number of nitrogens with two attached hydrogens (primary N) is 1. The quantitative estimate of drug-likeness (QED) is 0.797. The van der Waals surface area contributed by atoms with Crippen molar-refractivity contribution in [1.82, 2.24) is 4.72 Å². The van der Waals surface area contributed by atoms with Crippen molar-refractivity contribution in [2.45, 2.75) is 35.2 Å². The van der Waals surface area contributed by atoms with Crippen LogP contribution in [-0.2, 0) is 24.8 Å². The summed E-state index contributed by atoms with van der Waals surface area (Å²) in [6.07, 6.45) is 2.65. The lowest BCUT2D eigenvalue weighted by Gasteiger charge is -2.22. The minimum Gasteiger partial charge on any atom is -0.377 e. The highest BCUT2D eigenvalue weighted by molar-refractivity contribution is 7.90. The Labute approximate surface area is 124 Å². The van der Waals surface area contributed by atoms with Crippen molar-refractivity contribution < 1.29 is 21.6 Å². The van der Waals surface area contributed by atoms with E-state index < -0.39 is 20.0 Å². The monoisotopic (exact) mass is 334 g/mol. The number of hydrogen-bond acceptors (Lipinski definition) is 5. The van der Waals surface area contributed by atoms with Crippen molar-refractivity contribution >= 4 is 20.0 Å². The summed E-state index contributed by atoms with van der Waals surface area (Å²) in [6.45, 7) is 0.801. The van der Waals surface area contributed by atoms with E-state index in [4.69, 9.17) is 9.88 Å². The molecule has 7 nitrogen and oxygen atoms in total. The Balaban J connectivity index is 2.12. The third-order valence-corrected chi connectivity index (χ3v) is 5.55. The van der Waals surface area contributed by atoms with Crippen molar-refractivity contribution in [1.29, 1.82) is 0 Å². The Hall–Kier alpha value is -1.00. The molecule has 0 aliphatic carbocycles. The summed E-state index contributed by atoms with van der Waals surface area (Å²) in [6, 6.07) is 4.95. The Morgan fingerprint density at radius 2 is 1.90 bits per heavy atom. The molecule has 0 amide bonds. The van der Waals surface area contributed by atoms with Crippen molar-refractivity contribution in [3.8, 4) is 0 Å². The molecule has 2 rings (SSSR count). The van der Waals surface area contributed by atoms with Gasteiger partial charge in [0.15, 0.2) is 0 Å². The molecule has 1 saturated heterocycles. The maximum atomic E-state index is 12.2. The van der Waals surface area contributed by atoms with Gasteiger partial charge in [-0.05, 0) is 37.5 Å². The molecular weight excluding hydrogens is 316 g/mol. The predicted molar refractivity (Wildman–Crippen MR) is 76.6 cm³/mol. The Bertz CT molecular complexity index is 694. The molecule has 0 aromatic heterocycles. The average Bonchev–Trinajstić information content (AvgIpc) is 2.46. The van der Waals surface area contributed by atoms with Crippen LogP contribution in [0.1, 0.15) is 19.3 Å². The Morgan fingerprint density at radius 3 is 2.52 bits per heavy atom. The van der Waals surface area contributed by atoms with Crippen molar-refractivity contribution in [3.63, 3.8) is 0 Å². The average molecular weight is 334 g/mol. The molecule has 3 N–H and O–H groups in total. The number of ether oxygens (including phenoxy) is 1. The third kappa shape index (κ3) is 4.48. The second-order valence-electron chi connectivity index (χ2n) is 4.86. The summed E-state index contributed by atoms with van der Waals surface area (Å²) in [5, 5.41) is 5.00. The first kappa shape index (κ1) is 16.4. The molecule has 1 fully saturated rings. The molecule has 118 valence electrons. The van der Waals surface area contributed by atoms with Gasteiger partial charge in [-0.15, -0.1) is 0 Å². The van der Waals surface area contributed by atoms with Crippen LogP contribution in [0.5, 0.6) is 0 Å². The molecule has 1 aromatic rings. The molecule has 0 radical (unpaired) electrons. The van der Waals surface area contributed by atoms with E-state index >= 15 is 0 Å². The zero-order valence-corrected chi connectivity index (χ0v) is 13.0. The standard InChI is InChI=1S/C12H18N2O5S2/c13-20(15,16)11-5-3-6-12(8-11)21(17,18)14-9-10-4-1-2-7-19-10/h3,5-6,8,10,14H,1-2,4,7,9H2,(H2,13,15,16). The second-order valence-corrected chi connectivity index (χ2v) is 8.19. The highest BCUT2D eigenvalue weighted by Crippen LogP contribution is 2.16. The van der Waals surface area contributed by atoms with Gasteiger partial charge in [0.25, 0.3) is 0 Å². The zero-order valence-electron chi connectivity index (χ0n) is 11.4. The first-order valence-electron chi connectivity index (χ1n) is 6.53. The molecule has 1 heterocycles. The van der Waals surface area contributed by atoms with E-state index in [1.54, 1.807) is 0 Å². The topological polar surface area (TPSA) is 116 Å². The lowest BCUT2D eigenvalue weighted by molar-refractivity contribution is 0.0200. The highest BCUT2D eigenvalue weighted by Gasteiger charge is 2.20. The highest BCUT2D eigenvalue weighted by atomic mass is 32.2. The van der Waals surface area contributed by atoms with E-state index in [2.05, 4.69) is 4.72 Å². The number of benzene rings is 1. The second kappa shape index (κ2) is 6.41. The summed E-state index contributed by atoms with van der Waals surface area (Å²) >= 11 is 0. The summed E-state index contributed by atoms with van der Waals surface area (Å²) in [5.74, 6) is 0. The minimum atomic E-state index is -3.94. The van der Waals surface area contributed by atoms with Crippen LogP contribution in [0.15, 0.2) is 34.1 Å². The fourth-order valence-corrected chi connectivity index (χ4v) is 3.82. The largest absolute Gasteiger partial charge is 0.377 e. The van der Waals surface area contributed by atoms with Crippen molar-refractivity contribution in [2.24, 2.45) is 5.14 Å². The fraction of sp³-hybridized carbons (Fsp3) is 0.500. The lowest BCUT2D eigenvalue weighted by Crippen LogP contribution is -2.35. The van der Waals surface area contributed by atoms with E-state index in [0.29, 0.717) is 6.61 Å². The van der Waals surface area contributed by atoms with Gasteiger partial charge in [-0.3, -0.25) is 0 Å². The number of sulfonamides is 2. The summed E-state index contributed by atoms with van der Waals surface area (Å²) in [5.41, 5.74) is 0. The van der Waals surface area contributed by atoms with E-state index in [-0.39, 0.29) is 22.4 Å². The number of primary sulfonamides is 1. The van der Waals surface area contributed by atoms with Gasteiger partial charge in [0.1, 0.15) is 0 Å². The molecule has 0 bridgehead atoms. The molecule has 1 aliphatic heterocycles. The normalized spacial score (nSPS) is 20.3. The molecule has 1 aromatic carbocycles. The van der Waals surface area contributed by atoms with Gasteiger partial charge in [0.05, 0.1) is 15.9 Å². The summed E-state index contributed by atoms with van der Waals surface area (Å²) in [4.78, 5) is -0.371. The number of nitrogens with one attached hydrogen (secondary N) is 1. The van der Waals surface area contributed by atoms with Gasteiger partial charge in [-0.2, -0.15) is 0 Å². The van der Waals surface area contributed by atoms with Gasteiger partial charge in [-0.25, -0.2) is 26.7 Å². The van der Waals surface area contributed by atoms with Gasteiger partial charge >= 0.3 is 0 Å². The molecule has 9 heteroatoms. The van der Waals surface area contributed by atoms with Crippen LogP contribution < -0.4 is 9.86 Å². The van der Waals surface area contributed by atoms with Gasteiger partial charge in [-0.1, -0.05) is 6.07 Å². The number of rotatable bonds is 5. The molecule has 1 atom stereocenters. The first-order chi connectivity index (χ1) is 9.79. The Morgan fingerprint density at radius 1 is 1.19 bits per heavy atom. The summed E-state index contributed by atoms with van der Waals surface area (Å²) < 4.78 is 54.7. The van der Waals surface area contributed by atoms with Crippen LogP contribution in [-0.4, -0.2) is 36.1 Å². The molecule has 1 unspecified atom stereocenters. The maximum Gasteiger partial charge on any atom is 0.240 e. The van der Waals surface area contributed by atoms with E-state index in [1.165, 1.54) is 18.2 Å². The zero-order chi connectivity index (χ0) is 15.5. The van der Waals surface area contributed by atoms with E-state index in [1.807, 2.05) is 0 Å². The van der Waals surface area contributed by atoms with Crippen molar-refractivity contribution in [2.75, 3.05) is 13.2 Å². The van der Waals surface area contributed by atoms with Crippen LogP contribution in [0.3, 0.4) is 0 Å². The third-order valence-electron chi connectivity index (χ3n) is 3.22. The molecule has 0 spiro atoms. The SMILES string of the molecule is NS(=O)(=O)c1cccc(S(=O)(=O)NCC2CCCCO2)c1. The molecule has 1 aliphatic rings. The molecule has 21 heavy (non-hydrogen) atoms. The molecule has 0 saturated carbocycles. The first-order valence-corrected chi connectivity index (χ1v) is 9.56. The lowest BCUT2D eigenvalue weighted by atomic mass is 10.1. The predicted octanol–water partition coefficient (Wildman–Crippen LogP) is 0.181. The van der Waals surface area contributed by atoms with Crippen LogP contribution in [0.25, 0.3) is 0 Å². The van der Waals surface area contributed by atoms with Gasteiger partial charge in [0.2, 0.25) is 20.0 Å². The maximum absolute atomic E-state index is 12.2. The number of hydrogen-bond donors (Lipinski definition) is 2.